The Morgan fingerprint density at radius 3 is 2.87 bits per heavy atom. The molecule has 0 spiro atoms. The Kier molecular flexibility index (Phi) is 4.60. The zero-order valence-electron chi connectivity index (χ0n) is 12.2. The van der Waals surface area contributed by atoms with Gasteiger partial charge in [0.1, 0.15) is 12.4 Å². The molecule has 116 valence electrons. The van der Waals surface area contributed by atoms with Gasteiger partial charge in [0.2, 0.25) is 6.79 Å². The Morgan fingerprint density at radius 1 is 1.17 bits per heavy atom. The van der Waals surface area contributed by atoms with E-state index in [9.17, 15) is 4.79 Å². The van der Waals surface area contributed by atoms with Crippen LogP contribution in [0.4, 0.5) is 0 Å². The second kappa shape index (κ2) is 7.18. The van der Waals surface area contributed by atoms with Crippen LogP contribution in [0.5, 0.6) is 17.2 Å². The maximum absolute atomic E-state index is 11.7. The van der Waals surface area contributed by atoms with Crippen LogP contribution in [0.3, 0.4) is 0 Å². The molecule has 1 aromatic heterocycles. The Bertz CT molecular complexity index is 750. The summed E-state index contributed by atoms with van der Waals surface area (Å²) in [4.78, 5) is 15.6. The minimum atomic E-state index is -0.182. The van der Waals surface area contributed by atoms with Gasteiger partial charge >= 0.3 is 0 Å². The highest BCUT2D eigenvalue weighted by Crippen LogP contribution is 2.34. The van der Waals surface area contributed by atoms with Crippen LogP contribution >= 0.6 is 0 Å². The fourth-order valence-corrected chi connectivity index (χ4v) is 1.93. The van der Waals surface area contributed by atoms with Gasteiger partial charge in [-0.05, 0) is 24.3 Å². The fraction of sp³-hybridized carbons (Fsp3) is 0.176. The number of nitrogens with one attached hydrogen (secondary N) is 1. The third-order valence-corrected chi connectivity index (χ3v) is 3.06. The highest BCUT2D eigenvalue weighted by molar-refractivity contribution is 5.94. The maximum atomic E-state index is 11.7. The smallest absolute Gasteiger partial charge is 0.252 e. The summed E-state index contributed by atoms with van der Waals surface area (Å²) in [5.74, 6) is 7.52. The van der Waals surface area contributed by atoms with Gasteiger partial charge in [0, 0.05) is 24.0 Å². The molecule has 2 heterocycles. The summed E-state index contributed by atoms with van der Waals surface area (Å²) in [6, 6.07) is 8.63. The van der Waals surface area contributed by atoms with Crippen molar-refractivity contribution in [3.05, 3.63) is 48.3 Å². The van der Waals surface area contributed by atoms with Gasteiger partial charge in [0.25, 0.3) is 5.91 Å². The Hall–Kier alpha value is -3.20. The summed E-state index contributed by atoms with van der Waals surface area (Å²) in [6.07, 6.45) is 3.14. The molecule has 0 radical (unpaired) electrons. The molecule has 6 nitrogen and oxygen atoms in total. The summed E-state index contributed by atoms with van der Waals surface area (Å²) < 4.78 is 16.0. The molecule has 0 bridgehead atoms. The van der Waals surface area contributed by atoms with Crippen molar-refractivity contribution in [2.24, 2.45) is 0 Å². The molecule has 2 aromatic rings. The molecule has 0 unspecified atom stereocenters. The van der Waals surface area contributed by atoms with Gasteiger partial charge in [-0.15, -0.1) is 0 Å². The number of pyridine rings is 1. The zero-order chi connectivity index (χ0) is 15.9. The number of carbonyl (C=O) groups is 1. The van der Waals surface area contributed by atoms with Crippen molar-refractivity contribution in [1.29, 1.82) is 0 Å². The summed E-state index contributed by atoms with van der Waals surface area (Å²) in [6.45, 7) is 0.714. The SMILES string of the molecule is O=C(NCC#CCOc1ccc2c(c1)OCO2)c1ccncc1. The number of fused-ring (bicyclic) bond motifs is 1. The minimum Gasteiger partial charge on any atom is -0.481 e. The molecule has 3 rings (SSSR count). The van der Waals surface area contributed by atoms with E-state index in [4.69, 9.17) is 14.2 Å². The van der Waals surface area contributed by atoms with Crippen LogP contribution < -0.4 is 19.5 Å². The van der Waals surface area contributed by atoms with E-state index in [2.05, 4.69) is 22.1 Å². The number of carbonyl (C=O) groups excluding carboxylic acids is 1. The van der Waals surface area contributed by atoms with Gasteiger partial charge in [-0.1, -0.05) is 11.8 Å². The summed E-state index contributed by atoms with van der Waals surface area (Å²) in [5, 5.41) is 2.70. The highest BCUT2D eigenvalue weighted by atomic mass is 16.7. The van der Waals surface area contributed by atoms with Crippen molar-refractivity contribution in [2.45, 2.75) is 0 Å². The molecule has 0 saturated carbocycles. The number of hydrogen-bond acceptors (Lipinski definition) is 5. The summed E-state index contributed by atoms with van der Waals surface area (Å²) in [5.41, 5.74) is 0.554. The first kappa shape index (κ1) is 14.7. The molecular weight excluding hydrogens is 296 g/mol. The molecule has 1 aromatic carbocycles. The number of amides is 1. The van der Waals surface area contributed by atoms with E-state index < -0.39 is 0 Å². The number of benzene rings is 1. The second-order valence-electron chi connectivity index (χ2n) is 4.58. The van der Waals surface area contributed by atoms with Crippen LogP contribution in [0.15, 0.2) is 42.7 Å². The monoisotopic (exact) mass is 310 g/mol. The number of hydrogen-bond donors (Lipinski definition) is 1. The fourth-order valence-electron chi connectivity index (χ4n) is 1.93. The van der Waals surface area contributed by atoms with Gasteiger partial charge in [0.05, 0.1) is 6.54 Å². The van der Waals surface area contributed by atoms with Crippen molar-refractivity contribution in [2.75, 3.05) is 19.9 Å². The standard InChI is InChI=1S/C17H14N2O4/c20-17(13-5-8-18-9-6-13)19-7-1-2-10-21-14-3-4-15-16(11-14)23-12-22-15/h3-6,8-9,11H,7,10,12H2,(H,19,20). The van der Waals surface area contributed by atoms with E-state index in [0.717, 1.165) is 0 Å². The summed E-state index contributed by atoms with van der Waals surface area (Å²) in [7, 11) is 0. The Labute approximate surface area is 133 Å². The molecule has 1 N–H and O–H groups in total. The van der Waals surface area contributed by atoms with Crippen LogP contribution in [0.1, 0.15) is 10.4 Å². The largest absolute Gasteiger partial charge is 0.481 e. The quantitative estimate of drug-likeness (QED) is 0.869. The summed E-state index contributed by atoms with van der Waals surface area (Å²) >= 11 is 0. The van der Waals surface area contributed by atoms with Gasteiger partial charge < -0.3 is 19.5 Å². The first-order valence-corrected chi connectivity index (χ1v) is 6.99. The molecule has 6 heteroatoms. The second-order valence-corrected chi connectivity index (χ2v) is 4.58. The van der Waals surface area contributed by atoms with Crippen LogP contribution in [0.25, 0.3) is 0 Å². The zero-order valence-corrected chi connectivity index (χ0v) is 12.2. The molecule has 0 saturated heterocycles. The highest BCUT2D eigenvalue weighted by Gasteiger charge is 2.13. The first-order chi connectivity index (χ1) is 11.3. The van der Waals surface area contributed by atoms with Gasteiger partial charge in [0.15, 0.2) is 11.5 Å². The average molecular weight is 310 g/mol. The van der Waals surface area contributed by atoms with Crippen LogP contribution in [-0.2, 0) is 0 Å². The lowest BCUT2D eigenvalue weighted by Gasteiger charge is -2.03. The van der Waals surface area contributed by atoms with Gasteiger partial charge in [-0.3, -0.25) is 9.78 Å². The van der Waals surface area contributed by atoms with Crippen molar-refractivity contribution in [1.82, 2.24) is 10.3 Å². The van der Waals surface area contributed by atoms with E-state index in [1.165, 1.54) is 0 Å². The van der Waals surface area contributed by atoms with E-state index in [1.807, 2.05) is 0 Å². The Morgan fingerprint density at radius 2 is 2.00 bits per heavy atom. The van der Waals surface area contributed by atoms with E-state index in [1.54, 1.807) is 42.7 Å². The van der Waals surface area contributed by atoms with Crippen LogP contribution in [-0.4, -0.2) is 30.8 Å². The topological polar surface area (TPSA) is 69.7 Å². The molecule has 0 aliphatic carbocycles. The minimum absolute atomic E-state index is 0.182. The van der Waals surface area contributed by atoms with Crippen LogP contribution in [0.2, 0.25) is 0 Å². The average Bonchev–Trinajstić information content (AvgIpc) is 3.06. The molecule has 23 heavy (non-hydrogen) atoms. The third-order valence-electron chi connectivity index (χ3n) is 3.06. The molecule has 1 aliphatic rings. The predicted octanol–water partition coefficient (Wildman–Crippen LogP) is 1.62. The lowest BCUT2D eigenvalue weighted by Crippen LogP contribution is -2.23. The third kappa shape index (κ3) is 3.92. The molecule has 1 aliphatic heterocycles. The van der Waals surface area contributed by atoms with Crippen molar-refractivity contribution >= 4 is 5.91 Å². The number of nitrogens with zero attached hydrogens (tertiary/aromatic N) is 1. The van der Waals surface area contributed by atoms with Crippen molar-refractivity contribution in [3.63, 3.8) is 0 Å². The number of rotatable bonds is 4. The molecule has 0 atom stereocenters. The number of aromatic nitrogens is 1. The van der Waals surface area contributed by atoms with Crippen LogP contribution in [0, 0.1) is 11.8 Å². The molecule has 1 amide bonds. The van der Waals surface area contributed by atoms with E-state index in [0.29, 0.717) is 22.8 Å². The molecule has 0 fully saturated rings. The lowest BCUT2D eigenvalue weighted by molar-refractivity contribution is 0.0958. The maximum Gasteiger partial charge on any atom is 0.252 e. The first-order valence-electron chi connectivity index (χ1n) is 6.99. The van der Waals surface area contributed by atoms with Gasteiger partial charge in [-0.25, -0.2) is 0 Å². The Balaban J connectivity index is 1.41. The molecular formula is C17H14N2O4. The van der Waals surface area contributed by atoms with Crippen molar-refractivity contribution < 1.29 is 19.0 Å². The predicted molar refractivity (Wildman–Crippen MR) is 82.4 cm³/mol. The normalized spacial score (nSPS) is 11.3. The number of ether oxygens (including phenoxy) is 3. The van der Waals surface area contributed by atoms with E-state index >= 15 is 0 Å². The van der Waals surface area contributed by atoms with Crippen molar-refractivity contribution in [3.8, 4) is 29.1 Å². The van der Waals surface area contributed by atoms with Gasteiger partial charge in [-0.2, -0.15) is 0 Å². The van der Waals surface area contributed by atoms with E-state index in [-0.39, 0.29) is 25.9 Å². The lowest BCUT2D eigenvalue weighted by atomic mass is 10.2.